The van der Waals surface area contributed by atoms with Gasteiger partial charge in [-0.2, -0.15) is 0 Å². The first-order chi connectivity index (χ1) is 13.9. The van der Waals surface area contributed by atoms with Crippen LogP contribution in [0.5, 0.6) is 0 Å². The Morgan fingerprint density at radius 1 is 1.21 bits per heavy atom. The van der Waals surface area contributed by atoms with E-state index < -0.39 is 23.8 Å². The van der Waals surface area contributed by atoms with E-state index in [1.165, 1.54) is 19.1 Å². The van der Waals surface area contributed by atoms with Crippen LogP contribution in [0, 0.1) is 5.82 Å². The molecule has 3 aromatic rings. The van der Waals surface area contributed by atoms with Crippen molar-refractivity contribution in [2.75, 3.05) is 5.32 Å². The zero-order valence-electron chi connectivity index (χ0n) is 15.7. The summed E-state index contributed by atoms with van der Waals surface area (Å²) in [5, 5.41) is 3.35. The molecule has 7 heteroatoms. The van der Waals surface area contributed by atoms with Crippen LogP contribution in [0.4, 0.5) is 10.1 Å². The molecule has 1 aliphatic carbocycles. The Morgan fingerprint density at radius 3 is 2.79 bits per heavy atom. The van der Waals surface area contributed by atoms with Gasteiger partial charge in [-0.25, -0.2) is 9.18 Å². The maximum absolute atomic E-state index is 13.9. The molecule has 2 aromatic carbocycles. The van der Waals surface area contributed by atoms with Crippen LogP contribution in [0.25, 0.3) is 10.9 Å². The molecule has 1 N–H and O–H groups in total. The molecule has 0 radical (unpaired) electrons. The second-order valence-corrected chi connectivity index (χ2v) is 7.38. The average Bonchev–Trinajstić information content (AvgIpc) is 3.15. The number of para-hydroxylation sites is 1. The van der Waals surface area contributed by atoms with Crippen LogP contribution >= 0.6 is 11.6 Å². The highest BCUT2D eigenvalue weighted by molar-refractivity contribution is 6.30. The molecule has 0 spiro atoms. The Balaban J connectivity index is 1.57. The molecule has 1 aliphatic rings. The Kier molecular flexibility index (Phi) is 5.20. The first-order valence-electron chi connectivity index (χ1n) is 9.31. The lowest BCUT2D eigenvalue weighted by Gasteiger charge is -2.16. The highest BCUT2D eigenvalue weighted by Crippen LogP contribution is 2.30. The number of rotatable bonds is 4. The summed E-state index contributed by atoms with van der Waals surface area (Å²) in [5.41, 5.74) is 2.93. The molecular formula is C22H18ClFN2O3. The summed E-state index contributed by atoms with van der Waals surface area (Å²) in [6.45, 7) is 1.45. The van der Waals surface area contributed by atoms with Crippen molar-refractivity contribution in [1.29, 1.82) is 0 Å². The summed E-state index contributed by atoms with van der Waals surface area (Å²) < 4.78 is 19.4. The molecule has 1 unspecified atom stereocenters. The number of pyridine rings is 1. The Morgan fingerprint density at radius 2 is 2.00 bits per heavy atom. The number of amides is 1. The van der Waals surface area contributed by atoms with Gasteiger partial charge in [-0.05, 0) is 56.0 Å². The molecule has 1 heterocycles. The summed E-state index contributed by atoms with van der Waals surface area (Å²) >= 11 is 5.72. The molecule has 0 bridgehead atoms. The Hall–Kier alpha value is -2.99. The second kappa shape index (κ2) is 7.79. The van der Waals surface area contributed by atoms with Crippen LogP contribution < -0.4 is 5.32 Å². The quantitative estimate of drug-likeness (QED) is 0.630. The lowest BCUT2D eigenvalue weighted by Crippen LogP contribution is -2.30. The van der Waals surface area contributed by atoms with E-state index in [0.29, 0.717) is 10.9 Å². The molecule has 0 fully saturated rings. The van der Waals surface area contributed by atoms with Gasteiger partial charge < -0.3 is 10.1 Å². The second-order valence-electron chi connectivity index (χ2n) is 6.94. The van der Waals surface area contributed by atoms with Crippen molar-refractivity contribution >= 4 is 40.1 Å². The summed E-state index contributed by atoms with van der Waals surface area (Å²) in [4.78, 5) is 30.0. The van der Waals surface area contributed by atoms with Gasteiger partial charge in [0.05, 0.1) is 16.8 Å². The highest BCUT2D eigenvalue weighted by atomic mass is 35.5. The number of nitrogens with one attached hydrogen (secondary N) is 1. The third kappa shape index (κ3) is 3.80. The number of carbonyl (C=O) groups excluding carboxylic acids is 2. The van der Waals surface area contributed by atoms with E-state index in [1.807, 2.05) is 24.3 Å². The zero-order chi connectivity index (χ0) is 20.5. The number of hydrogen-bond acceptors (Lipinski definition) is 4. The van der Waals surface area contributed by atoms with Crippen LogP contribution in [0.3, 0.4) is 0 Å². The molecule has 0 saturated heterocycles. The number of fused-ring (bicyclic) bond motifs is 2. The maximum Gasteiger partial charge on any atom is 0.339 e. The van der Waals surface area contributed by atoms with Gasteiger partial charge in [-0.1, -0.05) is 29.8 Å². The molecule has 1 atom stereocenters. The number of ether oxygens (including phenoxy) is 1. The molecule has 148 valence electrons. The first-order valence-corrected chi connectivity index (χ1v) is 9.69. The minimum atomic E-state index is -1.11. The normalized spacial score (nSPS) is 13.8. The van der Waals surface area contributed by atoms with Crippen LogP contribution in [0.15, 0.2) is 42.5 Å². The molecule has 1 aromatic heterocycles. The van der Waals surface area contributed by atoms with Gasteiger partial charge >= 0.3 is 5.97 Å². The van der Waals surface area contributed by atoms with Crippen LogP contribution in [-0.2, 0) is 22.4 Å². The summed E-state index contributed by atoms with van der Waals surface area (Å²) in [7, 11) is 0. The van der Waals surface area contributed by atoms with Gasteiger partial charge in [-0.3, -0.25) is 9.78 Å². The molecule has 0 aliphatic heterocycles. The first kappa shape index (κ1) is 19.3. The summed E-state index contributed by atoms with van der Waals surface area (Å²) in [6.07, 6.45) is 1.37. The molecular weight excluding hydrogens is 395 g/mol. The van der Waals surface area contributed by atoms with Crippen molar-refractivity contribution in [3.8, 4) is 0 Å². The molecule has 29 heavy (non-hydrogen) atoms. The van der Waals surface area contributed by atoms with Gasteiger partial charge in [-0.15, -0.1) is 0 Å². The van der Waals surface area contributed by atoms with Gasteiger partial charge in [0, 0.05) is 16.1 Å². The smallest absolute Gasteiger partial charge is 0.339 e. The Labute approximate surface area is 171 Å². The predicted octanol–water partition coefficient (Wildman–Crippen LogP) is 4.70. The number of nitrogens with zero attached hydrogens (tertiary/aromatic N) is 1. The Bertz CT molecular complexity index is 1130. The van der Waals surface area contributed by atoms with Gasteiger partial charge in [0.15, 0.2) is 6.10 Å². The van der Waals surface area contributed by atoms with E-state index in [4.69, 9.17) is 16.3 Å². The van der Waals surface area contributed by atoms with Crippen LogP contribution in [-0.4, -0.2) is 23.0 Å². The van der Waals surface area contributed by atoms with Crippen molar-refractivity contribution < 1.29 is 18.7 Å². The third-order valence-corrected chi connectivity index (χ3v) is 5.20. The predicted molar refractivity (Wildman–Crippen MR) is 109 cm³/mol. The van der Waals surface area contributed by atoms with Gasteiger partial charge in [0.1, 0.15) is 5.82 Å². The number of anilines is 1. The van der Waals surface area contributed by atoms with Crippen molar-refractivity contribution in [1.82, 2.24) is 4.98 Å². The van der Waals surface area contributed by atoms with Gasteiger partial charge in [0.2, 0.25) is 0 Å². The standard InChI is InChI=1S/C22H18ClFN2O3/c1-12(21(27)26-19-10-9-13(23)11-16(19)24)29-22(28)20-14-5-2-3-7-17(14)25-18-8-4-6-15(18)20/h2-3,5,7,9-12H,4,6,8H2,1H3,(H,26,27). The van der Waals surface area contributed by atoms with Crippen molar-refractivity contribution in [2.24, 2.45) is 0 Å². The van der Waals surface area contributed by atoms with E-state index in [0.717, 1.165) is 42.1 Å². The number of aryl methyl sites for hydroxylation is 1. The molecule has 4 rings (SSSR count). The fourth-order valence-electron chi connectivity index (χ4n) is 3.54. The number of carbonyl (C=O) groups is 2. The van der Waals surface area contributed by atoms with Gasteiger partial charge in [0.25, 0.3) is 5.91 Å². The van der Waals surface area contributed by atoms with Crippen molar-refractivity contribution in [2.45, 2.75) is 32.3 Å². The van der Waals surface area contributed by atoms with E-state index in [-0.39, 0.29) is 10.7 Å². The molecule has 5 nitrogen and oxygen atoms in total. The summed E-state index contributed by atoms with van der Waals surface area (Å²) in [5.74, 6) is -1.88. The van der Waals surface area contributed by atoms with E-state index >= 15 is 0 Å². The molecule has 0 saturated carbocycles. The van der Waals surface area contributed by atoms with Crippen LogP contribution in [0.2, 0.25) is 5.02 Å². The van der Waals surface area contributed by atoms with Crippen molar-refractivity contribution in [3.05, 3.63) is 70.1 Å². The molecule has 1 amide bonds. The van der Waals surface area contributed by atoms with E-state index in [1.54, 1.807) is 0 Å². The number of benzene rings is 2. The van der Waals surface area contributed by atoms with E-state index in [9.17, 15) is 14.0 Å². The van der Waals surface area contributed by atoms with E-state index in [2.05, 4.69) is 10.3 Å². The monoisotopic (exact) mass is 412 g/mol. The number of esters is 1. The number of hydrogen-bond donors (Lipinski definition) is 1. The lowest BCUT2D eigenvalue weighted by atomic mass is 10.0. The van der Waals surface area contributed by atoms with Crippen LogP contribution in [0.1, 0.15) is 35.0 Å². The maximum atomic E-state index is 13.9. The fraction of sp³-hybridized carbons (Fsp3) is 0.227. The minimum absolute atomic E-state index is 0.0300. The largest absolute Gasteiger partial charge is 0.449 e. The lowest BCUT2D eigenvalue weighted by molar-refractivity contribution is -0.123. The average molecular weight is 413 g/mol. The van der Waals surface area contributed by atoms with Crippen molar-refractivity contribution in [3.63, 3.8) is 0 Å². The number of aromatic nitrogens is 1. The summed E-state index contributed by atoms with van der Waals surface area (Å²) in [6, 6.07) is 11.3. The number of halogens is 2. The zero-order valence-corrected chi connectivity index (χ0v) is 16.4. The highest BCUT2D eigenvalue weighted by Gasteiger charge is 2.27. The SMILES string of the molecule is CC(OC(=O)c1c2c(nc3ccccc13)CCC2)C(=O)Nc1ccc(Cl)cc1F. The third-order valence-electron chi connectivity index (χ3n) is 4.97. The minimum Gasteiger partial charge on any atom is -0.449 e. The topological polar surface area (TPSA) is 68.3 Å². The fourth-order valence-corrected chi connectivity index (χ4v) is 3.70.